The fraction of sp³-hybridized carbons (Fsp3) is 1.00. The van der Waals surface area contributed by atoms with Crippen LogP contribution in [0.4, 0.5) is 13.2 Å². The number of hydrogen-bond donors (Lipinski definition) is 2. The molecule has 0 aliphatic heterocycles. The Kier molecular flexibility index (Phi) is 6.20. The minimum Gasteiger partial charge on any atom is -0.382 e. The lowest BCUT2D eigenvalue weighted by Crippen LogP contribution is -2.41. The highest BCUT2D eigenvalue weighted by Crippen LogP contribution is 2.19. The second-order valence-electron chi connectivity index (χ2n) is 4.12. The highest BCUT2D eigenvalue weighted by atomic mass is 19.4. The highest BCUT2D eigenvalue weighted by Gasteiger charge is 2.37. The summed E-state index contributed by atoms with van der Waals surface area (Å²) in [6.07, 6.45) is -4.96. The van der Waals surface area contributed by atoms with Crippen LogP contribution in [0.3, 0.4) is 0 Å². The third-order valence-electron chi connectivity index (χ3n) is 2.49. The van der Waals surface area contributed by atoms with Gasteiger partial charge in [0.15, 0.2) is 6.10 Å². The van der Waals surface area contributed by atoms with Crippen LogP contribution in [0.5, 0.6) is 0 Å². The average Bonchev–Trinajstić information content (AvgIpc) is 2.12. The molecule has 0 aromatic rings. The van der Waals surface area contributed by atoms with Crippen molar-refractivity contribution in [2.45, 2.75) is 51.9 Å². The van der Waals surface area contributed by atoms with Gasteiger partial charge < -0.3 is 10.4 Å². The molecule has 0 aliphatic rings. The van der Waals surface area contributed by atoms with E-state index in [1.165, 1.54) is 0 Å². The molecule has 15 heavy (non-hydrogen) atoms. The molecule has 0 amide bonds. The van der Waals surface area contributed by atoms with Gasteiger partial charge in [-0.05, 0) is 19.3 Å². The first-order chi connectivity index (χ1) is 6.77. The van der Waals surface area contributed by atoms with Crippen LogP contribution < -0.4 is 5.32 Å². The number of aliphatic hydroxyl groups excluding tert-OH is 1. The van der Waals surface area contributed by atoms with Gasteiger partial charge >= 0.3 is 6.18 Å². The van der Waals surface area contributed by atoms with Gasteiger partial charge in [0.25, 0.3) is 0 Å². The Labute approximate surface area is 88.9 Å². The van der Waals surface area contributed by atoms with E-state index in [9.17, 15) is 13.2 Å². The standard InChI is InChI=1S/C10H20F3NO/c1-4-7(2)5-8(3)14-6-9(15)10(11,12)13/h7-9,14-15H,4-6H2,1-3H3. The van der Waals surface area contributed by atoms with Crippen LogP contribution in [0.25, 0.3) is 0 Å². The summed E-state index contributed by atoms with van der Waals surface area (Å²) in [5.74, 6) is 0.482. The lowest BCUT2D eigenvalue weighted by molar-refractivity contribution is -0.202. The Morgan fingerprint density at radius 2 is 1.80 bits per heavy atom. The summed E-state index contributed by atoms with van der Waals surface area (Å²) in [4.78, 5) is 0. The number of halogens is 3. The fourth-order valence-electron chi connectivity index (χ4n) is 1.28. The number of alkyl halides is 3. The third-order valence-corrected chi connectivity index (χ3v) is 2.49. The Hall–Kier alpha value is -0.290. The van der Waals surface area contributed by atoms with Crippen LogP contribution in [0.15, 0.2) is 0 Å². The summed E-state index contributed by atoms with van der Waals surface area (Å²) in [6.45, 7) is 5.50. The first kappa shape index (κ1) is 14.7. The molecule has 5 heteroatoms. The van der Waals surface area contributed by atoms with Crippen molar-refractivity contribution < 1.29 is 18.3 Å². The van der Waals surface area contributed by atoms with Crippen LogP contribution in [-0.2, 0) is 0 Å². The van der Waals surface area contributed by atoms with E-state index in [2.05, 4.69) is 12.2 Å². The summed E-state index contributed by atoms with van der Waals surface area (Å²) in [5, 5.41) is 11.4. The summed E-state index contributed by atoms with van der Waals surface area (Å²) in [5.41, 5.74) is 0. The number of aliphatic hydroxyl groups is 1. The Morgan fingerprint density at radius 1 is 1.27 bits per heavy atom. The van der Waals surface area contributed by atoms with Gasteiger partial charge in [0, 0.05) is 12.6 Å². The van der Waals surface area contributed by atoms with E-state index in [4.69, 9.17) is 5.11 Å². The molecule has 0 saturated carbocycles. The SMILES string of the molecule is CCC(C)CC(C)NCC(O)C(F)(F)F. The minimum atomic E-state index is -4.52. The van der Waals surface area contributed by atoms with Crippen molar-refractivity contribution in [2.24, 2.45) is 5.92 Å². The van der Waals surface area contributed by atoms with Crippen LogP contribution in [0.2, 0.25) is 0 Å². The summed E-state index contributed by atoms with van der Waals surface area (Å²) >= 11 is 0. The molecule has 0 radical (unpaired) electrons. The average molecular weight is 227 g/mol. The summed E-state index contributed by atoms with van der Waals surface area (Å²) in [7, 11) is 0. The molecular formula is C10H20F3NO. The van der Waals surface area contributed by atoms with E-state index in [1.54, 1.807) is 0 Å². The zero-order valence-corrected chi connectivity index (χ0v) is 9.43. The van der Waals surface area contributed by atoms with Crippen molar-refractivity contribution in [3.8, 4) is 0 Å². The molecule has 0 fully saturated rings. The van der Waals surface area contributed by atoms with E-state index >= 15 is 0 Å². The van der Waals surface area contributed by atoms with Crippen LogP contribution in [-0.4, -0.2) is 30.0 Å². The second kappa shape index (κ2) is 6.33. The highest BCUT2D eigenvalue weighted by molar-refractivity contribution is 4.72. The molecular weight excluding hydrogens is 207 g/mol. The van der Waals surface area contributed by atoms with Crippen LogP contribution in [0, 0.1) is 5.92 Å². The third kappa shape index (κ3) is 6.73. The molecule has 0 heterocycles. The molecule has 0 aliphatic carbocycles. The summed E-state index contributed by atoms with van der Waals surface area (Å²) in [6, 6.07) is -0.00282. The van der Waals surface area contributed by atoms with Gasteiger partial charge in [-0.15, -0.1) is 0 Å². The number of nitrogens with one attached hydrogen (secondary N) is 1. The molecule has 0 aromatic heterocycles. The van der Waals surface area contributed by atoms with Crippen molar-refractivity contribution in [3.63, 3.8) is 0 Å². The normalized spacial score (nSPS) is 18.6. The van der Waals surface area contributed by atoms with Gasteiger partial charge in [-0.25, -0.2) is 0 Å². The topological polar surface area (TPSA) is 32.3 Å². The van der Waals surface area contributed by atoms with Gasteiger partial charge in [0.2, 0.25) is 0 Å². The first-order valence-corrected chi connectivity index (χ1v) is 5.25. The van der Waals surface area contributed by atoms with E-state index in [0.717, 1.165) is 12.8 Å². The monoisotopic (exact) mass is 227 g/mol. The maximum atomic E-state index is 11.9. The summed E-state index contributed by atoms with van der Waals surface area (Å²) < 4.78 is 35.8. The molecule has 0 saturated heterocycles. The predicted octanol–water partition coefficient (Wildman–Crippen LogP) is 2.32. The van der Waals surface area contributed by atoms with Gasteiger partial charge in [-0.2, -0.15) is 13.2 Å². The number of rotatable bonds is 6. The fourth-order valence-corrected chi connectivity index (χ4v) is 1.28. The maximum absolute atomic E-state index is 11.9. The van der Waals surface area contributed by atoms with E-state index in [0.29, 0.717) is 5.92 Å². The van der Waals surface area contributed by atoms with Crippen molar-refractivity contribution >= 4 is 0 Å². The molecule has 0 bridgehead atoms. The lowest BCUT2D eigenvalue weighted by atomic mass is 10.0. The van der Waals surface area contributed by atoms with E-state index in [1.807, 2.05) is 13.8 Å². The van der Waals surface area contributed by atoms with E-state index in [-0.39, 0.29) is 6.04 Å². The second-order valence-corrected chi connectivity index (χ2v) is 4.12. The molecule has 0 aromatic carbocycles. The first-order valence-electron chi connectivity index (χ1n) is 5.25. The molecule has 0 rings (SSSR count). The van der Waals surface area contributed by atoms with Gasteiger partial charge in [0.05, 0.1) is 0 Å². The van der Waals surface area contributed by atoms with Crippen molar-refractivity contribution in [3.05, 3.63) is 0 Å². The molecule has 92 valence electrons. The van der Waals surface area contributed by atoms with Crippen LogP contribution >= 0.6 is 0 Å². The van der Waals surface area contributed by atoms with Gasteiger partial charge in [0.1, 0.15) is 0 Å². The lowest BCUT2D eigenvalue weighted by Gasteiger charge is -2.20. The van der Waals surface area contributed by atoms with Gasteiger partial charge in [-0.3, -0.25) is 0 Å². The van der Waals surface area contributed by atoms with Crippen LogP contribution in [0.1, 0.15) is 33.6 Å². The Bertz CT molecular complexity index is 173. The smallest absolute Gasteiger partial charge is 0.382 e. The quantitative estimate of drug-likeness (QED) is 0.730. The van der Waals surface area contributed by atoms with Crippen molar-refractivity contribution in [2.75, 3.05) is 6.54 Å². The largest absolute Gasteiger partial charge is 0.415 e. The minimum absolute atomic E-state index is 0.00282. The maximum Gasteiger partial charge on any atom is 0.415 e. The Balaban J connectivity index is 3.76. The number of hydrogen-bond acceptors (Lipinski definition) is 2. The zero-order valence-electron chi connectivity index (χ0n) is 9.43. The predicted molar refractivity (Wildman–Crippen MR) is 53.6 cm³/mol. The van der Waals surface area contributed by atoms with Gasteiger partial charge in [-0.1, -0.05) is 20.3 Å². The molecule has 2 nitrogen and oxygen atoms in total. The molecule has 3 atom stereocenters. The zero-order chi connectivity index (χ0) is 12.1. The molecule has 0 spiro atoms. The van der Waals surface area contributed by atoms with Crippen molar-refractivity contribution in [1.29, 1.82) is 0 Å². The molecule has 3 unspecified atom stereocenters. The molecule has 2 N–H and O–H groups in total. The van der Waals surface area contributed by atoms with Crippen molar-refractivity contribution in [1.82, 2.24) is 5.32 Å². The van der Waals surface area contributed by atoms with E-state index < -0.39 is 18.8 Å². The Morgan fingerprint density at radius 3 is 2.20 bits per heavy atom.